The van der Waals surface area contributed by atoms with Crippen LogP contribution in [0.2, 0.25) is 5.02 Å². The molecule has 3 N–H and O–H groups in total. The third-order valence-electron chi connectivity index (χ3n) is 2.22. The summed E-state index contributed by atoms with van der Waals surface area (Å²) in [5.41, 5.74) is 4.80. The van der Waals surface area contributed by atoms with Gasteiger partial charge in [0.25, 0.3) is 0 Å². The number of rotatable bonds is 3. The molecule has 0 aliphatic carbocycles. The first-order chi connectivity index (χ1) is 7.38. The molecule has 1 rings (SSSR count). The maximum atomic E-state index is 12.5. The van der Waals surface area contributed by atoms with Gasteiger partial charge in [-0.3, -0.25) is 0 Å². The van der Waals surface area contributed by atoms with Crippen LogP contribution < -0.4 is 5.73 Å². The molecule has 0 bridgehead atoms. The summed E-state index contributed by atoms with van der Waals surface area (Å²) < 4.78 is 37.4. The van der Waals surface area contributed by atoms with Crippen LogP contribution in [0.25, 0.3) is 0 Å². The SMILES string of the molecule is NCC(CO)c1cc(Cl)cc(C(F)(F)F)c1. The Morgan fingerprint density at radius 2 is 1.94 bits per heavy atom. The number of hydrogen-bond acceptors (Lipinski definition) is 2. The van der Waals surface area contributed by atoms with Gasteiger partial charge >= 0.3 is 6.18 Å². The van der Waals surface area contributed by atoms with Crippen LogP contribution in [0.5, 0.6) is 0 Å². The lowest BCUT2D eigenvalue weighted by Gasteiger charge is -2.15. The van der Waals surface area contributed by atoms with Gasteiger partial charge in [-0.1, -0.05) is 11.6 Å². The summed E-state index contributed by atoms with van der Waals surface area (Å²) in [6, 6.07) is 3.18. The van der Waals surface area contributed by atoms with Crippen LogP contribution in [0.3, 0.4) is 0 Å². The molecule has 1 unspecified atom stereocenters. The molecule has 1 atom stereocenters. The Labute approximate surface area is 95.8 Å². The Hall–Kier alpha value is -0.780. The zero-order chi connectivity index (χ0) is 12.3. The summed E-state index contributed by atoms with van der Waals surface area (Å²) in [6.45, 7) is -0.248. The lowest BCUT2D eigenvalue weighted by molar-refractivity contribution is -0.137. The maximum Gasteiger partial charge on any atom is 0.416 e. The molecule has 0 saturated heterocycles. The van der Waals surface area contributed by atoms with Crippen LogP contribution in [-0.2, 0) is 6.18 Å². The lowest BCUT2D eigenvalue weighted by atomic mass is 9.98. The van der Waals surface area contributed by atoms with E-state index in [9.17, 15) is 13.2 Å². The second-order valence-electron chi connectivity index (χ2n) is 3.39. The van der Waals surface area contributed by atoms with Crippen molar-refractivity contribution in [2.45, 2.75) is 12.1 Å². The van der Waals surface area contributed by atoms with E-state index in [1.165, 1.54) is 6.07 Å². The molecule has 0 saturated carbocycles. The fraction of sp³-hybridized carbons (Fsp3) is 0.400. The topological polar surface area (TPSA) is 46.2 Å². The Kier molecular flexibility index (Phi) is 4.18. The molecular weight excluding hydrogens is 243 g/mol. The van der Waals surface area contributed by atoms with Gasteiger partial charge in [-0.25, -0.2) is 0 Å². The van der Waals surface area contributed by atoms with Crippen LogP contribution in [0.15, 0.2) is 18.2 Å². The largest absolute Gasteiger partial charge is 0.416 e. The van der Waals surface area contributed by atoms with Crippen LogP contribution >= 0.6 is 11.6 Å². The highest BCUT2D eigenvalue weighted by molar-refractivity contribution is 6.30. The van der Waals surface area contributed by atoms with Gasteiger partial charge in [0.2, 0.25) is 0 Å². The van der Waals surface area contributed by atoms with Crippen LogP contribution in [0, 0.1) is 0 Å². The van der Waals surface area contributed by atoms with Crippen molar-refractivity contribution in [1.29, 1.82) is 0 Å². The number of nitrogens with two attached hydrogens (primary N) is 1. The summed E-state index contributed by atoms with van der Waals surface area (Å²) in [4.78, 5) is 0. The summed E-state index contributed by atoms with van der Waals surface area (Å²) in [5, 5.41) is 8.94. The number of aliphatic hydroxyl groups excluding tert-OH is 1. The molecular formula is C10H11ClF3NO. The second-order valence-corrected chi connectivity index (χ2v) is 3.82. The maximum absolute atomic E-state index is 12.5. The molecule has 0 heterocycles. The lowest BCUT2D eigenvalue weighted by Crippen LogP contribution is -2.17. The molecule has 0 aliphatic rings. The molecule has 0 aromatic heterocycles. The number of halogens is 4. The molecule has 0 spiro atoms. The van der Waals surface area contributed by atoms with Crippen LogP contribution in [0.1, 0.15) is 17.0 Å². The standard InChI is InChI=1S/C10H11ClF3NO/c11-9-2-6(7(4-15)5-16)1-8(3-9)10(12,13)14/h1-3,7,16H,4-5,15H2. The minimum atomic E-state index is -4.45. The third kappa shape index (κ3) is 3.10. The zero-order valence-electron chi connectivity index (χ0n) is 8.26. The van der Waals surface area contributed by atoms with Gasteiger partial charge in [0.1, 0.15) is 0 Å². The number of hydrogen-bond donors (Lipinski definition) is 2. The van der Waals surface area contributed by atoms with Crippen molar-refractivity contribution in [2.75, 3.05) is 13.2 Å². The monoisotopic (exact) mass is 253 g/mol. The minimum absolute atomic E-state index is 0.0169. The Bertz CT molecular complexity index is 364. The average molecular weight is 254 g/mol. The van der Waals surface area contributed by atoms with Crippen molar-refractivity contribution < 1.29 is 18.3 Å². The summed E-state index contributed by atoms with van der Waals surface area (Å²) in [6.07, 6.45) is -4.45. The third-order valence-corrected chi connectivity index (χ3v) is 2.44. The Balaban J connectivity index is 3.17. The van der Waals surface area contributed by atoms with Gasteiger partial charge in [0.05, 0.1) is 12.2 Å². The molecule has 1 aromatic carbocycles. The molecule has 6 heteroatoms. The van der Waals surface area contributed by atoms with E-state index in [1.807, 2.05) is 0 Å². The highest BCUT2D eigenvalue weighted by Crippen LogP contribution is 2.33. The van der Waals surface area contributed by atoms with Gasteiger partial charge in [0, 0.05) is 17.5 Å². The van der Waals surface area contributed by atoms with Gasteiger partial charge in [-0.2, -0.15) is 13.2 Å². The van der Waals surface area contributed by atoms with Gasteiger partial charge in [-0.15, -0.1) is 0 Å². The first kappa shape index (κ1) is 13.3. The van der Waals surface area contributed by atoms with E-state index in [0.29, 0.717) is 5.56 Å². The summed E-state index contributed by atoms with van der Waals surface area (Å²) in [5.74, 6) is -0.528. The fourth-order valence-corrected chi connectivity index (χ4v) is 1.57. The normalized spacial score (nSPS) is 13.9. The van der Waals surface area contributed by atoms with E-state index < -0.39 is 17.7 Å². The molecule has 2 nitrogen and oxygen atoms in total. The smallest absolute Gasteiger partial charge is 0.396 e. The van der Waals surface area contributed by atoms with E-state index in [1.54, 1.807) is 0 Å². The Morgan fingerprint density at radius 1 is 1.31 bits per heavy atom. The highest BCUT2D eigenvalue weighted by atomic mass is 35.5. The van der Waals surface area contributed by atoms with Crippen LogP contribution in [-0.4, -0.2) is 18.3 Å². The zero-order valence-corrected chi connectivity index (χ0v) is 9.02. The molecule has 90 valence electrons. The van der Waals surface area contributed by atoms with Crippen molar-refractivity contribution in [3.8, 4) is 0 Å². The van der Waals surface area contributed by atoms with Crippen molar-refractivity contribution in [1.82, 2.24) is 0 Å². The van der Waals surface area contributed by atoms with Crippen molar-refractivity contribution >= 4 is 11.6 Å². The van der Waals surface area contributed by atoms with Crippen molar-refractivity contribution in [2.24, 2.45) is 5.73 Å². The van der Waals surface area contributed by atoms with Crippen molar-refractivity contribution in [3.05, 3.63) is 34.3 Å². The predicted octanol–water partition coefficient (Wildman–Crippen LogP) is 2.39. The molecule has 16 heavy (non-hydrogen) atoms. The average Bonchev–Trinajstić information content (AvgIpc) is 2.17. The number of alkyl halides is 3. The van der Waals surface area contributed by atoms with Crippen molar-refractivity contribution in [3.63, 3.8) is 0 Å². The van der Waals surface area contributed by atoms with E-state index in [2.05, 4.69) is 0 Å². The molecule has 0 radical (unpaired) electrons. The van der Waals surface area contributed by atoms with Gasteiger partial charge in [0.15, 0.2) is 0 Å². The van der Waals surface area contributed by atoms with E-state index in [-0.39, 0.29) is 18.2 Å². The predicted molar refractivity (Wildman–Crippen MR) is 55.3 cm³/mol. The van der Waals surface area contributed by atoms with Crippen LogP contribution in [0.4, 0.5) is 13.2 Å². The Morgan fingerprint density at radius 3 is 2.38 bits per heavy atom. The summed E-state index contributed by atoms with van der Waals surface area (Å²) in [7, 11) is 0. The fourth-order valence-electron chi connectivity index (χ4n) is 1.33. The molecule has 0 aliphatic heterocycles. The van der Waals surface area contributed by atoms with E-state index in [4.69, 9.17) is 22.4 Å². The number of benzene rings is 1. The molecule has 0 fully saturated rings. The highest BCUT2D eigenvalue weighted by Gasteiger charge is 2.31. The van der Waals surface area contributed by atoms with E-state index in [0.717, 1.165) is 12.1 Å². The first-order valence-corrected chi connectivity index (χ1v) is 4.95. The summed E-state index contributed by atoms with van der Waals surface area (Å²) >= 11 is 5.59. The molecule has 1 aromatic rings. The first-order valence-electron chi connectivity index (χ1n) is 4.57. The van der Waals surface area contributed by atoms with Gasteiger partial charge < -0.3 is 10.8 Å². The number of aliphatic hydroxyl groups is 1. The second kappa shape index (κ2) is 5.03. The molecule has 0 amide bonds. The minimum Gasteiger partial charge on any atom is -0.396 e. The quantitative estimate of drug-likeness (QED) is 0.869. The van der Waals surface area contributed by atoms with E-state index >= 15 is 0 Å². The van der Waals surface area contributed by atoms with Gasteiger partial charge in [-0.05, 0) is 23.8 Å².